The minimum absolute atomic E-state index is 0.187. The van der Waals surface area contributed by atoms with E-state index in [1.807, 2.05) is 43.3 Å². The summed E-state index contributed by atoms with van der Waals surface area (Å²) in [7, 11) is -3.46. The van der Waals surface area contributed by atoms with Crippen LogP contribution in [0.5, 0.6) is 0 Å². The lowest BCUT2D eigenvalue weighted by atomic mass is 10.2. The summed E-state index contributed by atoms with van der Waals surface area (Å²) in [5.74, 6) is 1.62. The SMILES string of the molecule is Cc1ccc(/C=C/S(=O)(=O)N2CCN(c3ccc(N4CCN(CCO)CC4)nn3)CC2)cc1. The van der Waals surface area contributed by atoms with Crippen LogP contribution >= 0.6 is 0 Å². The molecule has 1 aromatic carbocycles. The Morgan fingerprint density at radius 3 is 1.91 bits per heavy atom. The molecular weight excluding hydrogens is 440 g/mol. The lowest BCUT2D eigenvalue weighted by Crippen LogP contribution is -2.48. The fraction of sp³-hybridized carbons (Fsp3) is 0.478. The number of anilines is 2. The Morgan fingerprint density at radius 1 is 0.848 bits per heavy atom. The lowest BCUT2D eigenvalue weighted by Gasteiger charge is -2.35. The van der Waals surface area contributed by atoms with Gasteiger partial charge in [-0.2, -0.15) is 4.31 Å². The van der Waals surface area contributed by atoms with Crippen molar-refractivity contribution in [2.24, 2.45) is 0 Å². The Morgan fingerprint density at radius 2 is 1.39 bits per heavy atom. The normalized spacial score (nSPS) is 18.8. The zero-order valence-corrected chi connectivity index (χ0v) is 19.9. The maximum Gasteiger partial charge on any atom is 0.236 e. The van der Waals surface area contributed by atoms with Gasteiger partial charge in [0.05, 0.1) is 6.61 Å². The number of aliphatic hydroxyl groups is 1. The first-order chi connectivity index (χ1) is 15.9. The van der Waals surface area contributed by atoms with E-state index >= 15 is 0 Å². The second-order valence-corrected chi connectivity index (χ2v) is 10.3. The molecule has 2 aromatic rings. The van der Waals surface area contributed by atoms with E-state index in [2.05, 4.69) is 24.9 Å². The summed E-state index contributed by atoms with van der Waals surface area (Å²) in [5, 5.41) is 19.2. The second-order valence-electron chi connectivity index (χ2n) is 8.45. The van der Waals surface area contributed by atoms with Gasteiger partial charge in [0.25, 0.3) is 0 Å². The summed E-state index contributed by atoms with van der Waals surface area (Å²) in [6.07, 6.45) is 1.65. The minimum Gasteiger partial charge on any atom is -0.395 e. The van der Waals surface area contributed by atoms with Crippen molar-refractivity contribution in [3.05, 3.63) is 52.9 Å². The van der Waals surface area contributed by atoms with Gasteiger partial charge in [-0.3, -0.25) is 4.90 Å². The average molecular weight is 473 g/mol. The highest BCUT2D eigenvalue weighted by Crippen LogP contribution is 2.19. The number of nitrogens with zero attached hydrogens (tertiary/aromatic N) is 6. The molecule has 9 nitrogen and oxygen atoms in total. The molecule has 0 bridgehead atoms. The zero-order valence-electron chi connectivity index (χ0n) is 19.0. The molecular formula is C23H32N6O3S. The fourth-order valence-electron chi connectivity index (χ4n) is 4.10. The number of sulfonamides is 1. The summed E-state index contributed by atoms with van der Waals surface area (Å²) < 4.78 is 27.0. The van der Waals surface area contributed by atoms with E-state index in [1.54, 1.807) is 6.08 Å². The van der Waals surface area contributed by atoms with E-state index in [1.165, 1.54) is 9.71 Å². The van der Waals surface area contributed by atoms with Crippen molar-refractivity contribution < 1.29 is 13.5 Å². The van der Waals surface area contributed by atoms with E-state index in [0.717, 1.165) is 48.9 Å². The van der Waals surface area contributed by atoms with Gasteiger partial charge in [-0.1, -0.05) is 29.8 Å². The highest BCUT2D eigenvalue weighted by molar-refractivity contribution is 7.92. The van der Waals surface area contributed by atoms with Gasteiger partial charge in [-0.25, -0.2) is 8.42 Å². The molecule has 0 radical (unpaired) electrons. The van der Waals surface area contributed by atoms with E-state index in [4.69, 9.17) is 5.11 Å². The molecule has 2 saturated heterocycles. The van der Waals surface area contributed by atoms with Crippen molar-refractivity contribution in [1.29, 1.82) is 0 Å². The largest absolute Gasteiger partial charge is 0.395 e. The summed E-state index contributed by atoms with van der Waals surface area (Å²) in [4.78, 5) is 6.52. The summed E-state index contributed by atoms with van der Waals surface area (Å²) in [6, 6.07) is 11.7. The van der Waals surface area contributed by atoms with Gasteiger partial charge in [0, 0.05) is 64.3 Å². The Balaban J connectivity index is 1.30. The fourth-order valence-corrected chi connectivity index (χ4v) is 5.27. The van der Waals surface area contributed by atoms with E-state index in [-0.39, 0.29) is 6.61 Å². The summed E-state index contributed by atoms with van der Waals surface area (Å²) in [5.41, 5.74) is 2.01. The monoisotopic (exact) mass is 472 g/mol. The first-order valence-corrected chi connectivity index (χ1v) is 12.9. The van der Waals surface area contributed by atoms with E-state index < -0.39 is 10.0 Å². The van der Waals surface area contributed by atoms with E-state index in [9.17, 15) is 8.42 Å². The molecule has 2 aliphatic rings. The number of aryl methyl sites for hydroxylation is 1. The van der Waals surface area contributed by atoms with Crippen LogP contribution in [0, 0.1) is 6.92 Å². The van der Waals surface area contributed by atoms with Gasteiger partial charge >= 0.3 is 0 Å². The van der Waals surface area contributed by atoms with Crippen LogP contribution < -0.4 is 9.80 Å². The van der Waals surface area contributed by atoms with E-state index in [0.29, 0.717) is 32.7 Å². The maximum atomic E-state index is 12.7. The molecule has 2 aliphatic heterocycles. The molecule has 0 unspecified atom stereocenters. The number of hydrogen-bond acceptors (Lipinski definition) is 8. The smallest absolute Gasteiger partial charge is 0.236 e. The third-order valence-electron chi connectivity index (χ3n) is 6.18. The molecule has 0 spiro atoms. The standard InChI is InChI=1S/C23H32N6O3S/c1-20-2-4-21(5-3-20)8-19-33(31,32)29-15-13-28(14-16-29)23-7-6-22(24-25-23)27-11-9-26(10-12-27)17-18-30/h2-8,19,30H,9-18H2,1H3/b19-8+. The van der Waals surface area contributed by atoms with Crippen molar-refractivity contribution in [2.75, 3.05) is 75.3 Å². The predicted molar refractivity (Wildman–Crippen MR) is 131 cm³/mol. The number of piperazine rings is 2. The van der Waals surface area contributed by atoms with Crippen LogP contribution in [-0.2, 0) is 10.0 Å². The number of aliphatic hydroxyl groups excluding tert-OH is 1. The van der Waals surface area contributed by atoms with Crippen LogP contribution in [0.4, 0.5) is 11.6 Å². The Labute approximate surface area is 196 Å². The molecule has 0 atom stereocenters. The van der Waals surface area contributed by atoms with Crippen molar-refractivity contribution in [3.8, 4) is 0 Å². The molecule has 33 heavy (non-hydrogen) atoms. The molecule has 0 aliphatic carbocycles. The van der Waals surface area contributed by atoms with Gasteiger partial charge in [0.2, 0.25) is 10.0 Å². The average Bonchev–Trinajstić information content (AvgIpc) is 2.85. The number of benzene rings is 1. The van der Waals surface area contributed by atoms with Gasteiger partial charge in [0.1, 0.15) is 0 Å². The molecule has 2 fully saturated rings. The van der Waals surface area contributed by atoms with Gasteiger partial charge < -0.3 is 14.9 Å². The van der Waals surface area contributed by atoms with Crippen LogP contribution in [-0.4, -0.2) is 98.4 Å². The zero-order chi connectivity index (χ0) is 23.3. The van der Waals surface area contributed by atoms with Crippen molar-refractivity contribution >= 4 is 27.7 Å². The number of rotatable bonds is 7. The Hall–Kier alpha value is -2.53. The molecule has 0 amide bonds. The van der Waals surface area contributed by atoms with Gasteiger partial charge in [-0.05, 0) is 30.7 Å². The summed E-state index contributed by atoms with van der Waals surface area (Å²) >= 11 is 0. The number of hydrogen-bond donors (Lipinski definition) is 1. The predicted octanol–water partition coefficient (Wildman–Crippen LogP) is 1.02. The molecule has 10 heteroatoms. The molecule has 3 heterocycles. The third-order valence-corrected chi connectivity index (χ3v) is 7.75. The molecule has 178 valence electrons. The third kappa shape index (κ3) is 6.08. The van der Waals surface area contributed by atoms with Crippen molar-refractivity contribution in [2.45, 2.75) is 6.92 Å². The molecule has 0 saturated carbocycles. The number of β-amino-alcohol motifs (C(OH)–C–C–N with tert-alkyl or cyclic N) is 1. The minimum atomic E-state index is -3.46. The number of aromatic nitrogens is 2. The van der Waals surface area contributed by atoms with Gasteiger partial charge in [-0.15, -0.1) is 10.2 Å². The lowest BCUT2D eigenvalue weighted by molar-refractivity contribution is 0.188. The Bertz CT molecular complexity index is 1030. The van der Waals surface area contributed by atoms with Crippen LogP contribution in [0.2, 0.25) is 0 Å². The molecule has 4 rings (SSSR count). The second kappa shape index (κ2) is 10.6. The first kappa shape index (κ1) is 23.6. The van der Waals surface area contributed by atoms with Crippen LogP contribution in [0.3, 0.4) is 0 Å². The quantitative estimate of drug-likeness (QED) is 0.639. The topological polar surface area (TPSA) is 93.1 Å². The Kier molecular flexibility index (Phi) is 7.59. The highest BCUT2D eigenvalue weighted by atomic mass is 32.2. The van der Waals surface area contributed by atoms with Crippen molar-refractivity contribution in [1.82, 2.24) is 19.4 Å². The molecule has 1 aromatic heterocycles. The van der Waals surface area contributed by atoms with Crippen LogP contribution in [0.25, 0.3) is 6.08 Å². The van der Waals surface area contributed by atoms with Crippen molar-refractivity contribution in [3.63, 3.8) is 0 Å². The summed E-state index contributed by atoms with van der Waals surface area (Å²) in [6.45, 7) is 8.40. The first-order valence-electron chi connectivity index (χ1n) is 11.4. The highest BCUT2D eigenvalue weighted by Gasteiger charge is 2.26. The van der Waals surface area contributed by atoms with Crippen LogP contribution in [0.15, 0.2) is 41.8 Å². The van der Waals surface area contributed by atoms with Gasteiger partial charge in [0.15, 0.2) is 11.6 Å². The maximum absolute atomic E-state index is 12.7. The van der Waals surface area contributed by atoms with Crippen LogP contribution in [0.1, 0.15) is 11.1 Å². The molecule has 1 N–H and O–H groups in total.